The van der Waals surface area contributed by atoms with E-state index < -0.39 is 5.97 Å². The maximum Gasteiger partial charge on any atom is 0.306 e. The van der Waals surface area contributed by atoms with Crippen LogP contribution in [0.25, 0.3) is 0 Å². The highest BCUT2D eigenvalue weighted by Gasteiger charge is 2.30. The van der Waals surface area contributed by atoms with Crippen molar-refractivity contribution in [3.05, 3.63) is 0 Å². The van der Waals surface area contributed by atoms with Gasteiger partial charge in [0.2, 0.25) is 0 Å². The van der Waals surface area contributed by atoms with E-state index in [9.17, 15) is 4.79 Å². The molecule has 0 spiro atoms. The molecule has 1 fully saturated rings. The number of hydrogen-bond donors (Lipinski definition) is 2. The predicted octanol–water partition coefficient (Wildman–Crippen LogP) is 0.834. The van der Waals surface area contributed by atoms with E-state index >= 15 is 0 Å². The van der Waals surface area contributed by atoms with Gasteiger partial charge in [0.25, 0.3) is 0 Å². The SMILES string of the molecule is C[C@@H]1CC(N)CC[C@H]1C(=O)O. The first-order valence-electron chi connectivity index (χ1n) is 4.09. The molecule has 0 saturated heterocycles. The zero-order valence-electron chi connectivity index (χ0n) is 6.79. The Balaban J connectivity index is 2.50. The van der Waals surface area contributed by atoms with E-state index in [1.54, 1.807) is 0 Å². The minimum Gasteiger partial charge on any atom is -0.481 e. The van der Waals surface area contributed by atoms with E-state index in [4.69, 9.17) is 10.8 Å². The Morgan fingerprint density at radius 2 is 2.18 bits per heavy atom. The van der Waals surface area contributed by atoms with Gasteiger partial charge in [-0.05, 0) is 25.2 Å². The molecule has 0 aromatic carbocycles. The van der Waals surface area contributed by atoms with Crippen LogP contribution in [0.5, 0.6) is 0 Å². The normalized spacial score (nSPS) is 38.5. The van der Waals surface area contributed by atoms with E-state index in [-0.39, 0.29) is 17.9 Å². The van der Waals surface area contributed by atoms with Crippen molar-refractivity contribution in [1.29, 1.82) is 0 Å². The highest BCUT2D eigenvalue weighted by atomic mass is 16.4. The van der Waals surface area contributed by atoms with Gasteiger partial charge in [0, 0.05) is 6.04 Å². The summed E-state index contributed by atoms with van der Waals surface area (Å²) in [6.45, 7) is 1.97. The van der Waals surface area contributed by atoms with E-state index in [0.717, 1.165) is 19.3 Å². The van der Waals surface area contributed by atoms with Crippen LogP contribution in [0.1, 0.15) is 26.2 Å². The predicted molar refractivity (Wildman–Crippen MR) is 42.1 cm³/mol. The summed E-state index contributed by atoms with van der Waals surface area (Å²) in [5, 5.41) is 8.75. The molecule has 3 nitrogen and oxygen atoms in total. The maximum absolute atomic E-state index is 10.6. The van der Waals surface area contributed by atoms with Crippen LogP contribution in [0.3, 0.4) is 0 Å². The van der Waals surface area contributed by atoms with Gasteiger partial charge in [-0.15, -0.1) is 0 Å². The molecule has 3 N–H and O–H groups in total. The lowest BCUT2D eigenvalue weighted by Crippen LogP contribution is -2.35. The quantitative estimate of drug-likeness (QED) is 0.592. The van der Waals surface area contributed by atoms with Crippen LogP contribution in [-0.4, -0.2) is 17.1 Å². The third kappa shape index (κ3) is 1.93. The van der Waals surface area contributed by atoms with Gasteiger partial charge in [-0.3, -0.25) is 4.79 Å². The number of rotatable bonds is 1. The molecule has 1 saturated carbocycles. The smallest absolute Gasteiger partial charge is 0.306 e. The standard InChI is InChI=1S/C8H15NO2/c1-5-4-6(9)2-3-7(5)8(10)11/h5-7H,2-4,9H2,1H3,(H,10,11)/t5-,6?,7-/m1/s1. The van der Waals surface area contributed by atoms with Crippen molar-refractivity contribution >= 4 is 5.97 Å². The third-order valence-corrected chi connectivity index (χ3v) is 2.53. The average molecular weight is 157 g/mol. The fraction of sp³-hybridized carbons (Fsp3) is 0.875. The summed E-state index contributed by atoms with van der Waals surface area (Å²) in [6.07, 6.45) is 2.47. The Labute approximate surface area is 66.6 Å². The van der Waals surface area contributed by atoms with E-state index in [0.29, 0.717) is 0 Å². The van der Waals surface area contributed by atoms with Crippen LogP contribution in [0.15, 0.2) is 0 Å². The Bertz CT molecular complexity index is 158. The van der Waals surface area contributed by atoms with E-state index in [1.165, 1.54) is 0 Å². The third-order valence-electron chi connectivity index (χ3n) is 2.53. The van der Waals surface area contributed by atoms with Gasteiger partial charge >= 0.3 is 5.97 Å². The topological polar surface area (TPSA) is 63.3 Å². The lowest BCUT2D eigenvalue weighted by molar-refractivity contribution is -0.144. The highest BCUT2D eigenvalue weighted by Crippen LogP contribution is 2.28. The zero-order valence-corrected chi connectivity index (χ0v) is 6.79. The van der Waals surface area contributed by atoms with Crippen molar-refractivity contribution in [2.24, 2.45) is 17.6 Å². The van der Waals surface area contributed by atoms with E-state index in [1.807, 2.05) is 6.92 Å². The fourth-order valence-corrected chi connectivity index (χ4v) is 1.80. The lowest BCUT2D eigenvalue weighted by Gasteiger charge is -2.29. The van der Waals surface area contributed by atoms with Crippen LogP contribution in [0.2, 0.25) is 0 Å². The van der Waals surface area contributed by atoms with Crippen molar-refractivity contribution in [2.45, 2.75) is 32.2 Å². The van der Waals surface area contributed by atoms with Crippen LogP contribution in [-0.2, 0) is 4.79 Å². The van der Waals surface area contributed by atoms with Crippen LogP contribution in [0.4, 0.5) is 0 Å². The Kier molecular flexibility index (Phi) is 2.49. The molecule has 1 aliphatic carbocycles. The molecule has 1 unspecified atom stereocenters. The van der Waals surface area contributed by atoms with Crippen molar-refractivity contribution < 1.29 is 9.90 Å². The van der Waals surface area contributed by atoms with Gasteiger partial charge in [0.05, 0.1) is 5.92 Å². The van der Waals surface area contributed by atoms with Crippen molar-refractivity contribution in [2.75, 3.05) is 0 Å². The molecule has 11 heavy (non-hydrogen) atoms. The monoisotopic (exact) mass is 157 g/mol. The first kappa shape index (κ1) is 8.53. The molecular formula is C8H15NO2. The molecule has 0 heterocycles. The van der Waals surface area contributed by atoms with Crippen LogP contribution in [0, 0.1) is 11.8 Å². The van der Waals surface area contributed by atoms with Gasteiger partial charge in [-0.25, -0.2) is 0 Å². The summed E-state index contributed by atoms with van der Waals surface area (Å²) >= 11 is 0. The summed E-state index contributed by atoms with van der Waals surface area (Å²) in [7, 11) is 0. The molecule has 3 atom stereocenters. The van der Waals surface area contributed by atoms with E-state index in [2.05, 4.69) is 0 Å². The minimum atomic E-state index is -0.663. The largest absolute Gasteiger partial charge is 0.481 e. The van der Waals surface area contributed by atoms with Crippen LogP contribution < -0.4 is 5.73 Å². The molecule has 1 rings (SSSR count). The summed E-state index contributed by atoms with van der Waals surface area (Å²) in [4.78, 5) is 10.6. The number of carbonyl (C=O) groups is 1. The second-order valence-electron chi connectivity index (χ2n) is 3.50. The number of carboxylic acids is 1. The fourth-order valence-electron chi connectivity index (χ4n) is 1.80. The van der Waals surface area contributed by atoms with Gasteiger partial charge in [0.15, 0.2) is 0 Å². The molecule has 0 aromatic rings. The second kappa shape index (κ2) is 3.22. The summed E-state index contributed by atoms with van der Waals surface area (Å²) < 4.78 is 0. The zero-order chi connectivity index (χ0) is 8.43. The lowest BCUT2D eigenvalue weighted by atomic mass is 9.78. The van der Waals surface area contributed by atoms with Crippen LogP contribution >= 0.6 is 0 Å². The molecule has 0 amide bonds. The summed E-state index contributed by atoms with van der Waals surface area (Å²) in [6, 6.07) is 0.223. The first-order chi connectivity index (χ1) is 5.11. The first-order valence-corrected chi connectivity index (χ1v) is 4.09. The number of nitrogens with two attached hydrogens (primary N) is 1. The number of carboxylic acid groups (broad SMARTS) is 1. The molecule has 64 valence electrons. The van der Waals surface area contributed by atoms with Gasteiger partial charge in [-0.1, -0.05) is 6.92 Å². The maximum atomic E-state index is 10.6. The number of hydrogen-bond acceptors (Lipinski definition) is 2. The minimum absolute atomic E-state index is 0.158. The molecule has 3 heteroatoms. The Morgan fingerprint density at radius 3 is 2.64 bits per heavy atom. The Hall–Kier alpha value is -0.570. The second-order valence-corrected chi connectivity index (χ2v) is 3.50. The van der Waals surface area contributed by atoms with Crippen molar-refractivity contribution in [1.82, 2.24) is 0 Å². The van der Waals surface area contributed by atoms with Gasteiger partial charge in [-0.2, -0.15) is 0 Å². The Morgan fingerprint density at radius 1 is 1.55 bits per heavy atom. The molecule has 0 radical (unpaired) electrons. The molecule has 0 aliphatic heterocycles. The van der Waals surface area contributed by atoms with Gasteiger partial charge < -0.3 is 10.8 Å². The molecule has 1 aliphatic rings. The summed E-state index contributed by atoms with van der Waals surface area (Å²) in [5.41, 5.74) is 5.69. The molecular weight excluding hydrogens is 142 g/mol. The van der Waals surface area contributed by atoms with Gasteiger partial charge in [0.1, 0.15) is 0 Å². The van der Waals surface area contributed by atoms with Crippen molar-refractivity contribution in [3.8, 4) is 0 Å². The number of aliphatic carboxylic acids is 1. The summed E-state index contributed by atoms with van der Waals surface area (Å²) in [5.74, 6) is -0.574. The molecule has 0 aromatic heterocycles. The average Bonchev–Trinajstić information content (AvgIpc) is 1.85. The highest BCUT2D eigenvalue weighted by molar-refractivity contribution is 5.70. The van der Waals surface area contributed by atoms with Crippen molar-refractivity contribution in [3.63, 3.8) is 0 Å². The molecule has 0 bridgehead atoms.